The van der Waals surface area contributed by atoms with E-state index in [2.05, 4.69) is 44.8 Å². The Morgan fingerprint density at radius 1 is 1.00 bits per heavy atom. The summed E-state index contributed by atoms with van der Waals surface area (Å²) in [5.41, 5.74) is 3.28. The second-order valence-electron chi connectivity index (χ2n) is 7.57. The Morgan fingerprint density at radius 2 is 1.84 bits per heavy atom. The Morgan fingerprint density at radius 3 is 2.65 bits per heavy atom. The SMILES string of the molecule is c1ccc(-c2csc3nc(-c4cccnc4)nc(NCCCN4CCOCC4)c23)cc1. The number of thiophene rings is 1. The fraction of sp³-hybridized carbons (Fsp3) is 0.292. The van der Waals surface area contributed by atoms with Crippen molar-refractivity contribution in [3.8, 4) is 22.5 Å². The first kappa shape index (κ1) is 20.1. The highest BCUT2D eigenvalue weighted by atomic mass is 32.1. The molecule has 0 amide bonds. The second kappa shape index (κ2) is 9.51. The summed E-state index contributed by atoms with van der Waals surface area (Å²) in [7, 11) is 0. The molecule has 0 aliphatic carbocycles. The average molecular weight is 432 g/mol. The van der Waals surface area contributed by atoms with E-state index in [0.717, 1.165) is 67.4 Å². The van der Waals surface area contributed by atoms with Gasteiger partial charge in [0.05, 0.1) is 18.6 Å². The maximum absolute atomic E-state index is 5.45. The molecule has 0 saturated carbocycles. The molecule has 7 heteroatoms. The number of hydrogen-bond donors (Lipinski definition) is 1. The summed E-state index contributed by atoms with van der Waals surface area (Å²) in [5, 5.41) is 6.88. The zero-order chi connectivity index (χ0) is 20.9. The summed E-state index contributed by atoms with van der Waals surface area (Å²) >= 11 is 1.66. The first-order valence-corrected chi connectivity index (χ1v) is 11.6. The molecule has 4 aromatic rings. The number of aromatic nitrogens is 3. The zero-order valence-electron chi connectivity index (χ0n) is 17.3. The highest BCUT2D eigenvalue weighted by molar-refractivity contribution is 7.17. The quantitative estimate of drug-likeness (QED) is 0.433. The van der Waals surface area contributed by atoms with Crippen LogP contribution in [0.15, 0.2) is 60.2 Å². The third-order valence-electron chi connectivity index (χ3n) is 5.49. The van der Waals surface area contributed by atoms with Crippen molar-refractivity contribution in [2.24, 2.45) is 0 Å². The van der Waals surface area contributed by atoms with Crippen molar-refractivity contribution < 1.29 is 4.74 Å². The minimum atomic E-state index is 0.706. The lowest BCUT2D eigenvalue weighted by Gasteiger charge is -2.26. The van der Waals surface area contributed by atoms with Gasteiger partial charge in [-0.1, -0.05) is 30.3 Å². The number of pyridine rings is 1. The van der Waals surface area contributed by atoms with Crippen LogP contribution in [0.3, 0.4) is 0 Å². The maximum atomic E-state index is 5.45. The Balaban J connectivity index is 1.44. The molecule has 0 spiro atoms. The molecular formula is C24H25N5OS. The van der Waals surface area contributed by atoms with Gasteiger partial charge in [-0.05, 0) is 30.7 Å². The van der Waals surface area contributed by atoms with Crippen molar-refractivity contribution in [3.05, 3.63) is 60.2 Å². The highest BCUT2D eigenvalue weighted by Crippen LogP contribution is 2.38. The fourth-order valence-electron chi connectivity index (χ4n) is 3.86. The van der Waals surface area contributed by atoms with Gasteiger partial charge in [0.1, 0.15) is 10.6 Å². The van der Waals surface area contributed by atoms with E-state index < -0.39 is 0 Å². The lowest BCUT2D eigenvalue weighted by Crippen LogP contribution is -2.37. The van der Waals surface area contributed by atoms with E-state index in [1.807, 2.05) is 24.4 Å². The summed E-state index contributed by atoms with van der Waals surface area (Å²) in [6.07, 6.45) is 4.64. The van der Waals surface area contributed by atoms with Gasteiger partial charge in [0.2, 0.25) is 0 Å². The molecule has 0 bridgehead atoms. The van der Waals surface area contributed by atoms with Crippen LogP contribution in [-0.2, 0) is 4.74 Å². The Kier molecular flexibility index (Phi) is 6.15. The van der Waals surface area contributed by atoms with Gasteiger partial charge in [-0.15, -0.1) is 11.3 Å². The fourth-order valence-corrected chi connectivity index (χ4v) is 4.81. The van der Waals surface area contributed by atoms with Crippen LogP contribution >= 0.6 is 11.3 Å². The third kappa shape index (κ3) is 4.58. The predicted molar refractivity (Wildman–Crippen MR) is 126 cm³/mol. The molecule has 5 rings (SSSR count). The van der Waals surface area contributed by atoms with Gasteiger partial charge in [0.25, 0.3) is 0 Å². The van der Waals surface area contributed by atoms with E-state index in [9.17, 15) is 0 Å². The van der Waals surface area contributed by atoms with Crippen LogP contribution in [0.25, 0.3) is 32.7 Å². The summed E-state index contributed by atoms with van der Waals surface area (Å²) < 4.78 is 5.45. The van der Waals surface area contributed by atoms with Crippen LogP contribution in [0.1, 0.15) is 6.42 Å². The molecule has 158 valence electrons. The summed E-state index contributed by atoms with van der Waals surface area (Å²) in [6, 6.07) is 14.4. The van der Waals surface area contributed by atoms with Gasteiger partial charge in [-0.2, -0.15) is 0 Å². The number of nitrogens with zero attached hydrogens (tertiary/aromatic N) is 4. The molecule has 1 aliphatic heterocycles. The number of hydrogen-bond acceptors (Lipinski definition) is 7. The first-order valence-electron chi connectivity index (χ1n) is 10.7. The van der Waals surface area contributed by atoms with Gasteiger partial charge in [0.15, 0.2) is 5.82 Å². The molecule has 1 aromatic carbocycles. The Bertz CT molecular complexity index is 1130. The zero-order valence-corrected chi connectivity index (χ0v) is 18.1. The lowest BCUT2D eigenvalue weighted by molar-refractivity contribution is 0.0378. The van der Waals surface area contributed by atoms with Crippen LogP contribution in [-0.4, -0.2) is 59.2 Å². The molecule has 3 aromatic heterocycles. The summed E-state index contributed by atoms with van der Waals surface area (Å²) in [4.78, 5) is 17.5. The molecule has 4 heterocycles. The summed E-state index contributed by atoms with van der Waals surface area (Å²) in [6.45, 7) is 5.64. The van der Waals surface area contributed by atoms with Crippen molar-refractivity contribution >= 4 is 27.4 Å². The molecule has 1 saturated heterocycles. The molecule has 31 heavy (non-hydrogen) atoms. The molecule has 1 aliphatic rings. The van der Waals surface area contributed by atoms with Crippen molar-refractivity contribution in [1.29, 1.82) is 0 Å². The largest absolute Gasteiger partial charge is 0.379 e. The number of morpholine rings is 1. The van der Waals surface area contributed by atoms with Crippen LogP contribution in [0.2, 0.25) is 0 Å². The van der Waals surface area contributed by atoms with E-state index in [1.165, 1.54) is 11.1 Å². The van der Waals surface area contributed by atoms with Crippen LogP contribution < -0.4 is 5.32 Å². The maximum Gasteiger partial charge on any atom is 0.164 e. The number of benzene rings is 1. The molecule has 1 fully saturated rings. The Labute approximate surface area is 185 Å². The molecule has 0 radical (unpaired) electrons. The monoisotopic (exact) mass is 431 g/mol. The smallest absolute Gasteiger partial charge is 0.164 e. The lowest BCUT2D eigenvalue weighted by atomic mass is 10.1. The van der Waals surface area contributed by atoms with E-state index in [4.69, 9.17) is 14.7 Å². The van der Waals surface area contributed by atoms with Crippen LogP contribution in [0.4, 0.5) is 5.82 Å². The normalized spacial score (nSPS) is 14.7. The topological polar surface area (TPSA) is 63.2 Å². The number of ether oxygens (including phenoxy) is 1. The van der Waals surface area contributed by atoms with E-state index in [-0.39, 0.29) is 0 Å². The van der Waals surface area contributed by atoms with E-state index in [0.29, 0.717) is 5.82 Å². The van der Waals surface area contributed by atoms with Crippen LogP contribution in [0.5, 0.6) is 0 Å². The third-order valence-corrected chi connectivity index (χ3v) is 6.36. The van der Waals surface area contributed by atoms with Gasteiger partial charge < -0.3 is 10.1 Å². The number of nitrogens with one attached hydrogen (secondary N) is 1. The van der Waals surface area contributed by atoms with Crippen molar-refractivity contribution in [2.45, 2.75) is 6.42 Å². The number of anilines is 1. The minimum Gasteiger partial charge on any atom is -0.379 e. The standard InChI is InChI=1S/C24H25N5OS/c1-2-6-18(7-3-1)20-17-31-24-21(20)23(26-10-5-11-29-12-14-30-15-13-29)27-22(28-24)19-8-4-9-25-16-19/h1-4,6-9,16-17H,5,10-15H2,(H,26,27,28). The molecule has 6 nitrogen and oxygen atoms in total. The van der Waals surface area contributed by atoms with E-state index in [1.54, 1.807) is 17.5 Å². The Hall–Kier alpha value is -2.87. The summed E-state index contributed by atoms with van der Waals surface area (Å²) in [5.74, 6) is 1.60. The van der Waals surface area contributed by atoms with Gasteiger partial charge in [-0.25, -0.2) is 9.97 Å². The van der Waals surface area contributed by atoms with Crippen molar-refractivity contribution in [2.75, 3.05) is 44.7 Å². The molecule has 0 atom stereocenters. The van der Waals surface area contributed by atoms with Crippen molar-refractivity contribution in [1.82, 2.24) is 19.9 Å². The number of rotatable bonds is 7. The van der Waals surface area contributed by atoms with E-state index >= 15 is 0 Å². The van der Waals surface area contributed by atoms with Crippen molar-refractivity contribution in [3.63, 3.8) is 0 Å². The molecule has 1 N–H and O–H groups in total. The minimum absolute atomic E-state index is 0.706. The number of fused-ring (bicyclic) bond motifs is 1. The highest BCUT2D eigenvalue weighted by Gasteiger charge is 2.16. The molecule has 0 unspecified atom stereocenters. The molecular weight excluding hydrogens is 406 g/mol. The predicted octanol–water partition coefficient (Wildman–Crippen LogP) is 4.55. The first-order chi connectivity index (χ1) is 15.4. The van der Waals surface area contributed by atoms with Gasteiger partial charge in [-0.3, -0.25) is 9.88 Å². The van der Waals surface area contributed by atoms with Gasteiger partial charge >= 0.3 is 0 Å². The average Bonchev–Trinajstić information content (AvgIpc) is 3.28. The second-order valence-corrected chi connectivity index (χ2v) is 8.43. The van der Waals surface area contributed by atoms with Crippen LogP contribution in [0, 0.1) is 0 Å². The van der Waals surface area contributed by atoms with Gasteiger partial charge in [0, 0.05) is 48.5 Å².